The third-order valence-corrected chi connectivity index (χ3v) is 15.9. The molecule has 15 nitrogen and oxygen atoms in total. The number of rotatable bonds is 9. The van der Waals surface area contributed by atoms with Crippen molar-refractivity contribution in [2.45, 2.75) is 107 Å². The number of anilines is 4. The van der Waals surface area contributed by atoms with Crippen LogP contribution in [0.5, 0.6) is 5.88 Å². The maximum absolute atomic E-state index is 14.7. The van der Waals surface area contributed by atoms with E-state index in [1.54, 1.807) is 30.3 Å². The van der Waals surface area contributed by atoms with Gasteiger partial charge in [-0.3, -0.25) is 0 Å². The molecule has 6 aliphatic rings. The molecule has 8 atom stereocenters. The van der Waals surface area contributed by atoms with E-state index in [0.29, 0.717) is 71.0 Å². The van der Waals surface area contributed by atoms with Crippen molar-refractivity contribution in [2.75, 3.05) is 53.7 Å². The van der Waals surface area contributed by atoms with E-state index in [2.05, 4.69) is 40.8 Å². The van der Waals surface area contributed by atoms with Gasteiger partial charge < -0.3 is 25.2 Å². The summed E-state index contributed by atoms with van der Waals surface area (Å²) in [6.45, 7) is 4.90. The van der Waals surface area contributed by atoms with Crippen molar-refractivity contribution in [3.05, 3.63) is 112 Å². The van der Waals surface area contributed by atoms with Crippen LogP contribution >= 0.6 is 11.6 Å². The number of halogens is 7. The maximum Gasteiger partial charge on any atom is 0.416 e. The van der Waals surface area contributed by atoms with Crippen molar-refractivity contribution < 1.29 is 31.1 Å². The van der Waals surface area contributed by atoms with Gasteiger partial charge in [-0.05, 0) is 92.7 Å². The number of hydrogen-bond donors (Lipinski definition) is 2. The van der Waals surface area contributed by atoms with E-state index in [4.69, 9.17) is 36.5 Å². The first-order chi connectivity index (χ1) is 34.9. The number of nitrogens with zero attached hydrogens (tertiary/aromatic N) is 12. The Morgan fingerprint density at radius 3 is 1.76 bits per heavy atom. The second kappa shape index (κ2) is 20.0. The smallest absolute Gasteiger partial charge is 0.416 e. The lowest BCUT2D eigenvalue weighted by molar-refractivity contribution is -0.137. The summed E-state index contributed by atoms with van der Waals surface area (Å²) in [4.78, 5) is 14.3. The molecule has 2 aliphatic carbocycles. The summed E-state index contributed by atoms with van der Waals surface area (Å²) in [7, 11) is 1.58. The first-order valence-electron chi connectivity index (χ1n) is 24.9. The van der Waals surface area contributed by atoms with E-state index in [1.165, 1.54) is 18.2 Å². The molecule has 22 heteroatoms. The zero-order valence-electron chi connectivity index (χ0n) is 39.6. The fraction of sp³-hybridized carbons (Fsp3) is 0.520. The highest BCUT2D eigenvalue weighted by Crippen LogP contribution is 2.43. The Kier molecular flexibility index (Phi) is 13.3. The summed E-state index contributed by atoms with van der Waals surface area (Å²) < 4.78 is 91.2. The van der Waals surface area contributed by atoms with Gasteiger partial charge in [0.05, 0.1) is 36.4 Å². The number of ether oxygens (including phenoxy) is 1. The monoisotopic (exact) mass is 1020 g/mol. The van der Waals surface area contributed by atoms with Gasteiger partial charge in [-0.1, -0.05) is 48.7 Å². The lowest BCUT2D eigenvalue weighted by Crippen LogP contribution is -2.48. The van der Waals surface area contributed by atoms with Crippen molar-refractivity contribution in [1.82, 2.24) is 49.9 Å². The molecule has 8 heterocycles. The zero-order valence-corrected chi connectivity index (χ0v) is 40.4. The third-order valence-electron chi connectivity index (χ3n) is 15.7. The van der Waals surface area contributed by atoms with Gasteiger partial charge in [-0.15, -0.1) is 20.4 Å². The Bertz CT molecular complexity index is 2870. The topological polar surface area (TPSA) is 153 Å². The Morgan fingerprint density at radius 2 is 1.19 bits per heavy atom. The maximum atomic E-state index is 14.7. The quantitative estimate of drug-likeness (QED) is 0.105. The highest BCUT2D eigenvalue weighted by Gasteiger charge is 2.45. The van der Waals surface area contributed by atoms with Gasteiger partial charge in [0.25, 0.3) is 0 Å². The van der Waals surface area contributed by atoms with Crippen LogP contribution in [0.25, 0.3) is 0 Å². The van der Waals surface area contributed by atoms with E-state index in [1.807, 2.05) is 16.8 Å². The first kappa shape index (κ1) is 48.0. The van der Waals surface area contributed by atoms with Crippen LogP contribution in [0.15, 0.2) is 60.9 Å². The second-order valence-electron chi connectivity index (χ2n) is 20.1. The molecule has 380 valence electrons. The first-order valence-corrected chi connectivity index (χ1v) is 25.3. The van der Waals surface area contributed by atoms with Gasteiger partial charge in [0.1, 0.15) is 11.6 Å². The Labute approximate surface area is 417 Å². The predicted octanol–water partition coefficient (Wildman–Crippen LogP) is 9.52. The predicted molar refractivity (Wildman–Crippen MR) is 256 cm³/mol. The molecule has 0 spiro atoms. The summed E-state index contributed by atoms with van der Waals surface area (Å²) in [6.07, 6.45) is 8.49. The number of nitrogens with one attached hydrogen (secondary N) is 2. The molecule has 2 saturated carbocycles. The van der Waals surface area contributed by atoms with Gasteiger partial charge in [0, 0.05) is 80.9 Å². The molecule has 72 heavy (non-hydrogen) atoms. The summed E-state index contributed by atoms with van der Waals surface area (Å²) in [5, 5.41) is 32.9. The fourth-order valence-electron chi connectivity index (χ4n) is 12.3. The minimum Gasteiger partial charge on any atom is -0.480 e. The van der Waals surface area contributed by atoms with Gasteiger partial charge in [-0.25, -0.2) is 22.5 Å². The molecule has 2 aromatic carbocycles. The number of aromatic nitrogens is 10. The molecule has 6 aromatic rings. The van der Waals surface area contributed by atoms with Crippen molar-refractivity contribution in [3.63, 3.8) is 0 Å². The second-order valence-corrected chi connectivity index (χ2v) is 20.4. The molecule has 12 rings (SSSR count). The molecule has 3 unspecified atom stereocenters. The van der Waals surface area contributed by atoms with E-state index in [9.17, 15) is 26.3 Å². The van der Waals surface area contributed by atoms with Crippen LogP contribution < -0.4 is 25.2 Å². The van der Waals surface area contributed by atoms with Crippen LogP contribution in [0.3, 0.4) is 0 Å². The third kappa shape index (κ3) is 9.71. The average Bonchev–Trinajstić information content (AvgIpc) is 3.99. The molecule has 4 bridgehead atoms. The van der Waals surface area contributed by atoms with Crippen molar-refractivity contribution in [1.29, 1.82) is 0 Å². The summed E-state index contributed by atoms with van der Waals surface area (Å²) >= 11 is 6.05. The number of fused-ring (bicyclic) bond motifs is 6. The van der Waals surface area contributed by atoms with Gasteiger partial charge >= 0.3 is 6.18 Å². The Balaban J connectivity index is 0.000000156. The molecule has 4 aliphatic heterocycles. The molecular formula is C50H55ClF6N14O. The van der Waals surface area contributed by atoms with Crippen LogP contribution in [-0.4, -0.2) is 95.3 Å². The van der Waals surface area contributed by atoms with Gasteiger partial charge in [0.2, 0.25) is 17.8 Å². The van der Waals surface area contributed by atoms with Crippen LogP contribution in [-0.2, 0) is 19.3 Å². The number of piperidine rings is 2. The lowest BCUT2D eigenvalue weighted by Gasteiger charge is -2.39. The molecule has 2 N–H and O–H groups in total. The molecule has 0 amide bonds. The summed E-state index contributed by atoms with van der Waals surface area (Å²) in [5.74, 6) is 0.163. The number of alkyl halides is 3. The van der Waals surface area contributed by atoms with Gasteiger partial charge in [0.15, 0.2) is 22.6 Å². The highest BCUT2D eigenvalue weighted by molar-refractivity contribution is 6.29. The van der Waals surface area contributed by atoms with Gasteiger partial charge in [-0.2, -0.15) is 33.3 Å². The van der Waals surface area contributed by atoms with Crippen molar-refractivity contribution >= 4 is 34.9 Å². The minimum absolute atomic E-state index is 0.130. The highest BCUT2D eigenvalue weighted by atomic mass is 35.5. The van der Waals surface area contributed by atoms with E-state index >= 15 is 0 Å². The molecule has 4 aromatic heterocycles. The van der Waals surface area contributed by atoms with Crippen molar-refractivity contribution in [2.24, 2.45) is 23.7 Å². The number of methoxy groups -OCH3 is 1. The molecule has 0 radical (unpaired) electrons. The number of benzene rings is 2. The lowest BCUT2D eigenvalue weighted by atomic mass is 9.92. The van der Waals surface area contributed by atoms with Crippen LogP contribution in [0, 0.1) is 41.1 Å². The normalized spacial score (nSPS) is 25.7. The van der Waals surface area contributed by atoms with Crippen LogP contribution in [0.4, 0.5) is 49.6 Å². The average molecular weight is 1020 g/mol. The van der Waals surface area contributed by atoms with E-state index in [-0.39, 0.29) is 23.6 Å². The molecule has 2 saturated heterocycles. The van der Waals surface area contributed by atoms with E-state index in [0.717, 1.165) is 120 Å². The molecular weight excluding hydrogens is 962 g/mol. The van der Waals surface area contributed by atoms with Crippen LogP contribution in [0.2, 0.25) is 5.15 Å². The fourth-order valence-corrected chi connectivity index (χ4v) is 12.4. The van der Waals surface area contributed by atoms with Crippen molar-refractivity contribution in [3.8, 4) is 5.88 Å². The summed E-state index contributed by atoms with van der Waals surface area (Å²) in [5.41, 5.74) is 2.14. The largest absolute Gasteiger partial charge is 0.480 e. The Morgan fingerprint density at radius 1 is 0.639 bits per heavy atom. The minimum atomic E-state index is -4.37. The number of aryl methyl sites for hydroxylation is 2. The SMILES string of the molecule is COc1cc(N2C[C@H]3CC[C@@H](C2)C3Nc2nc3n(n2)CCCC[C@@H]3c2ccc(F)c(F)c2F)cnn1.FC(F)(F)c1cccc(C2CCCCn3nc(NC4[C@@H]5CC[C@H]4CN(c4cnnc(Cl)c4)C5)nc32)c1. The standard InChI is InChI=1S/C25H27ClF3N7.C25H28F3N7O/c26-21-11-19(12-30-33-21)35-13-16-7-8-17(14-35)22(16)31-24-32-23-20(6-1-2-9-36(23)34-24)15-4-3-5-18(10-15)25(27,28)29;1-36-20-10-16(11-29-32-20)34-12-14-5-6-15(13-34)23(14)30-25-31-24-18(4-2-3-9-35(24)33-25)17-7-8-19(26)22(28)21(17)27/h3-5,10-12,16-17,20,22H,1-2,6-9,13-14H2,(H,31,34);7-8,10-11,14-15,18,23H,2-6,9,12-13H2,1H3,(H,30,33)/t16-,17+,20?,22?;14-,15+,18-,23?/m.1/s1. The molecule has 4 fully saturated rings. The Hall–Kier alpha value is -6.25. The van der Waals surface area contributed by atoms with Crippen LogP contribution in [0.1, 0.15) is 104 Å². The number of hydrogen-bond acceptors (Lipinski definition) is 13. The van der Waals surface area contributed by atoms with E-state index < -0.39 is 35.1 Å². The zero-order chi connectivity index (χ0) is 49.7. The summed E-state index contributed by atoms with van der Waals surface area (Å²) in [6, 6.07) is 12.2.